The monoisotopic (exact) mass is 380 g/mol. The number of nitrogens with zero attached hydrogens (tertiary/aromatic N) is 2. The summed E-state index contributed by atoms with van der Waals surface area (Å²) in [6.07, 6.45) is 0.164. The fraction of sp³-hybridized carbons (Fsp3) is 0.0714. The molecule has 1 amide bonds. The second-order valence-corrected chi connectivity index (χ2v) is 8.39. The Kier molecular flexibility index (Phi) is 4.88. The first-order valence-corrected chi connectivity index (χ1v) is 9.98. The minimum Gasteiger partial charge on any atom is -0.300 e. The molecule has 0 unspecified atom stereocenters. The minimum absolute atomic E-state index is 0.164. The minimum atomic E-state index is -3.56. The maximum Gasteiger partial charge on any atom is 0.271 e. The average Bonchev–Trinajstić information content (AvgIpc) is 3.22. The zero-order valence-corrected chi connectivity index (χ0v) is 14.6. The lowest BCUT2D eigenvalue weighted by atomic mass is 10.1. The molecule has 2 heterocycles. The fourth-order valence-corrected chi connectivity index (χ4v) is 4.40. The first-order valence-electron chi connectivity index (χ1n) is 6.74. The Balaban J connectivity index is 1.62. The largest absolute Gasteiger partial charge is 0.300 e. The predicted molar refractivity (Wildman–Crippen MR) is 93.8 cm³/mol. The number of amides is 1. The van der Waals surface area contributed by atoms with Gasteiger partial charge in [-0.15, -0.1) is 21.5 Å². The van der Waals surface area contributed by atoms with E-state index >= 15 is 0 Å². The molecule has 0 saturated heterocycles. The number of benzene rings is 1. The van der Waals surface area contributed by atoms with Gasteiger partial charge in [-0.1, -0.05) is 29.5 Å². The van der Waals surface area contributed by atoms with Crippen LogP contribution in [0.25, 0.3) is 0 Å². The normalized spacial score (nSPS) is 11.2. The third-order valence-corrected chi connectivity index (χ3v) is 6.32. The van der Waals surface area contributed by atoms with E-state index < -0.39 is 10.0 Å². The van der Waals surface area contributed by atoms with E-state index in [1.54, 1.807) is 41.8 Å². The molecule has 0 aliphatic heterocycles. The SMILES string of the molecule is O=C(Cc1ccc(NS(=O)(=O)c2cccs2)cc1)Nc1nncs1. The van der Waals surface area contributed by atoms with E-state index in [1.165, 1.54) is 16.8 Å². The predicted octanol–water partition coefficient (Wildman–Crippen LogP) is 2.58. The van der Waals surface area contributed by atoms with Gasteiger partial charge in [-0.3, -0.25) is 9.52 Å². The highest BCUT2D eigenvalue weighted by molar-refractivity contribution is 7.94. The van der Waals surface area contributed by atoms with E-state index in [2.05, 4.69) is 20.2 Å². The van der Waals surface area contributed by atoms with Crippen LogP contribution >= 0.6 is 22.7 Å². The number of sulfonamides is 1. The first kappa shape index (κ1) is 16.6. The molecule has 10 heteroatoms. The van der Waals surface area contributed by atoms with Crippen molar-refractivity contribution in [1.29, 1.82) is 0 Å². The maximum atomic E-state index is 12.1. The van der Waals surface area contributed by atoms with Crippen LogP contribution in [-0.4, -0.2) is 24.5 Å². The van der Waals surface area contributed by atoms with E-state index in [0.717, 1.165) is 16.9 Å². The Morgan fingerprint density at radius 2 is 1.92 bits per heavy atom. The molecule has 24 heavy (non-hydrogen) atoms. The molecule has 2 aromatic heterocycles. The van der Waals surface area contributed by atoms with Gasteiger partial charge in [-0.05, 0) is 29.1 Å². The van der Waals surface area contributed by atoms with Crippen molar-refractivity contribution >= 4 is 49.4 Å². The summed E-state index contributed by atoms with van der Waals surface area (Å²) in [7, 11) is -3.56. The Hall–Kier alpha value is -2.30. The van der Waals surface area contributed by atoms with Crippen molar-refractivity contribution in [3.63, 3.8) is 0 Å². The lowest BCUT2D eigenvalue weighted by molar-refractivity contribution is -0.115. The lowest BCUT2D eigenvalue weighted by Crippen LogP contribution is -2.14. The summed E-state index contributed by atoms with van der Waals surface area (Å²) in [6, 6.07) is 9.87. The van der Waals surface area contributed by atoms with Crippen LogP contribution < -0.4 is 10.0 Å². The number of carbonyl (C=O) groups is 1. The molecule has 124 valence electrons. The van der Waals surface area contributed by atoms with Crippen LogP contribution in [0.3, 0.4) is 0 Å². The van der Waals surface area contributed by atoms with Crippen LogP contribution in [0.4, 0.5) is 10.8 Å². The third-order valence-electron chi connectivity index (χ3n) is 2.94. The average molecular weight is 380 g/mol. The zero-order valence-electron chi connectivity index (χ0n) is 12.2. The summed E-state index contributed by atoms with van der Waals surface area (Å²) in [4.78, 5) is 11.9. The Morgan fingerprint density at radius 1 is 1.12 bits per heavy atom. The number of carbonyl (C=O) groups excluding carboxylic acids is 1. The van der Waals surface area contributed by atoms with Crippen LogP contribution in [0.15, 0.2) is 51.5 Å². The summed E-state index contributed by atoms with van der Waals surface area (Å²) in [5.41, 5.74) is 2.73. The molecule has 0 saturated carbocycles. The van der Waals surface area contributed by atoms with Crippen LogP contribution in [0.5, 0.6) is 0 Å². The molecular formula is C14H12N4O3S3. The molecule has 2 N–H and O–H groups in total. The fourth-order valence-electron chi connectivity index (χ4n) is 1.89. The van der Waals surface area contributed by atoms with Gasteiger partial charge in [0.05, 0.1) is 6.42 Å². The molecule has 0 bridgehead atoms. The molecule has 3 aromatic rings. The molecule has 0 spiro atoms. The van der Waals surface area contributed by atoms with Crippen LogP contribution in [0.2, 0.25) is 0 Å². The van der Waals surface area contributed by atoms with Gasteiger partial charge in [-0.2, -0.15) is 0 Å². The van der Waals surface area contributed by atoms with Crippen molar-refractivity contribution in [3.05, 3.63) is 52.9 Å². The number of aromatic nitrogens is 2. The standard InChI is InChI=1S/C14H12N4O3S3/c19-12(16-14-17-15-9-23-14)8-10-3-5-11(6-4-10)18-24(20,21)13-2-1-7-22-13/h1-7,9,18H,8H2,(H,16,17,19). The van der Waals surface area contributed by atoms with Crippen molar-refractivity contribution in [2.45, 2.75) is 10.6 Å². The van der Waals surface area contributed by atoms with Crippen LogP contribution in [0.1, 0.15) is 5.56 Å². The number of hydrogen-bond donors (Lipinski definition) is 2. The molecule has 0 aliphatic carbocycles. The van der Waals surface area contributed by atoms with E-state index in [-0.39, 0.29) is 16.5 Å². The van der Waals surface area contributed by atoms with E-state index in [9.17, 15) is 13.2 Å². The molecule has 0 aliphatic rings. The summed E-state index contributed by atoms with van der Waals surface area (Å²) < 4.78 is 27.0. The summed E-state index contributed by atoms with van der Waals surface area (Å²) in [5.74, 6) is -0.210. The van der Waals surface area contributed by atoms with Crippen LogP contribution in [0, 0.1) is 0 Å². The van der Waals surface area contributed by atoms with Gasteiger partial charge in [0.15, 0.2) is 0 Å². The summed E-state index contributed by atoms with van der Waals surface area (Å²) >= 11 is 2.39. The number of rotatable bonds is 6. The zero-order chi connectivity index (χ0) is 17.0. The number of hydrogen-bond acceptors (Lipinski definition) is 7. The lowest BCUT2D eigenvalue weighted by Gasteiger charge is -2.07. The molecule has 0 fully saturated rings. The number of nitrogens with one attached hydrogen (secondary N) is 2. The van der Waals surface area contributed by atoms with Gasteiger partial charge in [0.2, 0.25) is 11.0 Å². The number of anilines is 2. The van der Waals surface area contributed by atoms with E-state index in [0.29, 0.717) is 10.8 Å². The van der Waals surface area contributed by atoms with E-state index in [4.69, 9.17) is 0 Å². The Morgan fingerprint density at radius 3 is 2.54 bits per heavy atom. The first-order chi connectivity index (χ1) is 11.5. The quantitative estimate of drug-likeness (QED) is 0.684. The van der Waals surface area contributed by atoms with Gasteiger partial charge in [-0.25, -0.2) is 8.42 Å². The third kappa shape index (κ3) is 4.16. The maximum absolute atomic E-state index is 12.1. The molecular weight excluding hydrogens is 368 g/mol. The van der Waals surface area contributed by atoms with Gasteiger partial charge < -0.3 is 5.32 Å². The summed E-state index contributed by atoms with van der Waals surface area (Å²) in [6.45, 7) is 0. The molecule has 0 atom stereocenters. The number of thiophene rings is 1. The molecule has 1 aromatic carbocycles. The second kappa shape index (κ2) is 7.07. The Labute approximate surface area is 146 Å². The van der Waals surface area contributed by atoms with Crippen molar-refractivity contribution in [1.82, 2.24) is 10.2 Å². The van der Waals surface area contributed by atoms with Gasteiger partial charge in [0, 0.05) is 5.69 Å². The van der Waals surface area contributed by atoms with Crippen molar-refractivity contribution in [2.24, 2.45) is 0 Å². The smallest absolute Gasteiger partial charge is 0.271 e. The molecule has 7 nitrogen and oxygen atoms in total. The second-order valence-electron chi connectivity index (χ2n) is 4.70. The van der Waals surface area contributed by atoms with Crippen molar-refractivity contribution in [3.8, 4) is 0 Å². The van der Waals surface area contributed by atoms with Crippen LogP contribution in [-0.2, 0) is 21.2 Å². The highest BCUT2D eigenvalue weighted by Crippen LogP contribution is 2.20. The van der Waals surface area contributed by atoms with Gasteiger partial charge >= 0.3 is 0 Å². The van der Waals surface area contributed by atoms with Gasteiger partial charge in [0.1, 0.15) is 9.72 Å². The summed E-state index contributed by atoms with van der Waals surface area (Å²) in [5, 5.41) is 12.2. The Bertz CT molecular complexity index is 905. The highest BCUT2D eigenvalue weighted by atomic mass is 32.2. The van der Waals surface area contributed by atoms with Crippen molar-refractivity contribution < 1.29 is 13.2 Å². The van der Waals surface area contributed by atoms with Gasteiger partial charge in [0.25, 0.3) is 10.0 Å². The van der Waals surface area contributed by atoms with E-state index in [1.807, 2.05) is 0 Å². The molecule has 0 radical (unpaired) electrons. The van der Waals surface area contributed by atoms with Crippen molar-refractivity contribution in [2.75, 3.05) is 10.0 Å². The highest BCUT2D eigenvalue weighted by Gasteiger charge is 2.15. The topological polar surface area (TPSA) is 101 Å². The molecule has 3 rings (SSSR count).